The number of nitrogens with zero attached hydrogens (tertiary/aromatic N) is 5. The van der Waals surface area contributed by atoms with Gasteiger partial charge < -0.3 is 10.3 Å². The van der Waals surface area contributed by atoms with Gasteiger partial charge in [-0.05, 0) is 31.2 Å². The van der Waals surface area contributed by atoms with E-state index in [1.54, 1.807) is 43.5 Å². The summed E-state index contributed by atoms with van der Waals surface area (Å²) in [7, 11) is 0. The van der Waals surface area contributed by atoms with Crippen LogP contribution in [0.1, 0.15) is 16.2 Å². The van der Waals surface area contributed by atoms with Gasteiger partial charge in [-0.15, -0.1) is 5.10 Å². The van der Waals surface area contributed by atoms with Crippen molar-refractivity contribution < 1.29 is 9.72 Å². The highest BCUT2D eigenvalue weighted by Gasteiger charge is 2.14. The topological polar surface area (TPSA) is 141 Å². The second kappa shape index (κ2) is 7.47. The Labute approximate surface area is 168 Å². The molecule has 11 heteroatoms. The summed E-state index contributed by atoms with van der Waals surface area (Å²) in [5, 5.41) is 21.3. The van der Waals surface area contributed by atoms with Gasteiger partial charge in [-0.2, -0.15) is 0 Å². The Morgan fingerprint density at radius 1 is 1.17 bits per heavy atom. The first-order chi connectivity index (χ1) is 14.4. The molecule has 0 aliphatic rings. The number of nitrogens with one attached hydrogen (secondary N) is 2. The number of aromatic amines is 1. The normalized spacial score (nSPS) is 10.7. The number of H-pyrrole nitrogens is 1. The van der Waals surface area contributed by atoms with E-state index in [1.165, 1.54) is 33.6 Å². The first kappa shape index (κ1) is 18.8. The molecule has 0 saturated carbocycles. The van der Waals surface area contributed by atoms with Crippen LogP contribution in [0, 0.1) is 17.0 Å². The van der Waals surface area contributed by atoms with E-state index in [0.717, 1.165) is 5.69 Å². The molecule has 2 aromatic heterocycles. The molecule has 2 N–H and O–H groups in total. The first-order valence-electron chi connectivity index (χ1n) is 8.78. The number of carbonyl (C=O) groups excluding carboxylic acids is 1. The molecule has 0 aliphatic heterocycles. The van der Waals surface area contributed by atoms with Crippen molar-refractivity contribution in [2.75, 3.05) is 5.32 Å². The smallest absolute Gasteiger partial charge is 0.320 e. The highest BCUT2D eigenvalue weighted by Crippen LogP contribution is 2.18. The van der Waals surface area contributed by atoms with Crippen LogP contribution >= 0.6 is 0 Å². The molecule has 0 spiro atoms. The van der Waals surface area contributed by atoms with E-state index < -0.39 is 10.8 Å². The Hall–Kier alpha value is -4.54. The summed E-state index contributed by atoms with van der Waals surface area (Å²) >= 11 is 0. The maximum Gasteiger partial charge on any atom is 0.330 e. The lowest BCUT2D eigenvalue weighted by molar-refractivity contribution is -0.384. The minimum absolute atomic E-state index is 0.0295. The molecule has 0 saturated heterocycles. The molecule has 0 atom stereocenters. The van der Waals surface area contributed by atoms with Crippen LogP contribution in [0.25, 0.3) is 11.4 Å². The molecule has 4 aromatic rings. The van der Waals surface area contributed by atoms with Crippen LogP contribution in [0.5, 0.6) is 0 Å². The number of benzene rings is 2. The quantitative estimate of drug-likeness (QED) is 0.385. The van der Waals surface area contributed by atoms with Crippen LogP contribution in [-0.2, 0) is 0 Å². The van der Waals surface area contributed by atoms with Gasteiger partial charge in [0, 0.05) is 29.7 Å². The summed E-state index contributed by atoms with van der Waals surface area (Å²) in [6.45, 7) is 1.79. The van der Waals surface area contributed by atoms with E-state index in [2.05, 4.69) is 20.6 Å². The van der Waals surface area contributed by atoms with Crippen molar-refractivity contribution in [2.24, 2.45) is 0 Å². The molecule has 1 amide bonds. The number of rotatable bonds is 5. The molecule has 0 radical (unpaired) electrons. The molecule has 0 unspecified atom stereocenters. The van der Waals surface area contributed by atoms with E-state index >= 15 is 0 Å². The Kier molecular flexibility index (Phi) is 4.68. The minimum atomic E-state index is -0.515. The zero-order valence-electron chi connectivity index (χ0n) is 15.6. The number of nitro benzene ring substituents is 1. The fourth-order valence-electron chi connectivity index (χ4n) is 2.94. The highest BCUT2D eigenvalue weighted by molar-refractivity contribution is 6.02. The summed E-state index contributed by atoms with van der Waals surface area (Å²) in [6, 6.07) is 12.6. The average molecular weight is 405 g/mol. The summed E-state index contributed by atoms with van der Waals surface area (Å²) in [4.78, 5) is 37.5. The Bertz CT molecular complexity index is 1320. The lowest BCUT2D eigenvalue weighted by atomic mass is 10.2. The number of hydrogen-bond donors (Lipinski definition) is 2. The lowest BCUT2D eigenvalue weighted by Gasteiger charge is -2.07. The fraction of sp³-hybridized carbons (Fsp3) is 0.0526. The summed E-state index contributed by atoms with van der Waals surface area (Å²) in [6.07, 6.45) is 2.97. The number of aryl methyl sites for hydroxylation is 1. The minimum Gasteiger partial charge on any atom is -0.320 e. The third-order valence-electron chi connectivity index (χ3n) is 4.35. The summed E-state index contributed by atoms with van der Waals surface area (Å²) in [5.41, 5.74) is 1.84. The van der Waals surface area contributed by atoms with Gasteiger partial charge in [-0.3, -0.25) is 19.5 Å². The molecular weight excluding hydrogens is 390 g/mol. The van der Waals surface area contributed by atoms with Crippen molar-refractivity contribution in [2.45, 2.75) is 6.92 Å². The van der Waals surface area contributed by atoms with Gasteiger partial charge in [0.25, 0.3) is 11.6 Å². The molecule has 30 heavy (non-hydrogen) atoms. The maximum absolute atomic E-state index is 12.6. The Balaban J connectivity index is 1.56. The van der Waals surface area contributed by atoms with Crippen LogP contribution in [0.15, 0.2) is 65.7 Å². The number of nitro groups is 1. The summed E-state index contributed by atoms with van der Waals surface area (Å²) < 4.78 is 2.76. The number of hydrogen-bond acceptors (Lipinski definition) is 6. The molecule has 11 nitrogen and oxygen atoms in total. The van der Waals surface area contributed by atoms with Crippen molar-refractivity contribution >= 4 is 17.3 Å². The van der Waals surface area contributed by atoms with Crippen LogP contribution < -0.4 is 11.0 Å². The van der Waals surface area contributed by atoms with Crippen LogP contribution in [0.3, 0.4) is 0 Å². The number of carbonyl (C=O) groups is 1. The second-order valence-electron chi connectivity index (χ2n) is 6.40. The monoisotopic (exact) mass is 405 g/mol. The predicted octanol–water partition coefficient (Wildman–Crippen LogP) is 2.22. The molecule has 150 valence electrons. The first-order valence-corrected chi connectivity index (χ1v) is 8.78. The Morgan fingerprint density at radius 2 is 1.93 bits per heavy atom. The van der Waals surface area contributed by atoms with Crippen molar-refractivity contribution in [1.29, 1.82) is 0 Å². The predicted molar refractivity (Wildman–Crippen MR) is 107 cm³/mol. The molecule has 4 rings (SSSR count). The lowest BCUT2D eigenvalue weighted by Crippen LogP contribution is -2.17. The van der Waals surface area contributed by atoms with E-state index in [0.29, 0.717) is 17.1 Å². The Morgan fingerprint density at radius 3 is 2.67 bits per heavy atom. The van der Waals surface area contributed by atoms with Gasteiger partial charge >= 0.3 is 5.69 Å². The molecule has 0 bridgehead atoms. The van der Waals surface area contributed by atoms with E-state index in [-0.39, 0.29) is 17.1 Å². The van der Waals surface area contributed by atoms with Gasteiger partial charge in [0.1, 0.15) is 0 Å². The molecule has 0 fully saturated rings. The number of anilines is 1. The standard InChI is InChI=1S/C19H15N7O4/c1-12-10-20-19(28)25(12)15-6-2-4-13(8-15)21-18(27)17-11-24(23-22-17)14-5-3-7-16(9-14)26(29)30/h2-11H,1H3,(H,20,28)(H,21,27). The number of amides is 1. The second-order valence-corrected chi connectivity index (χ2v) is 6.40. The van der Waals surface area contributed by atoms with Gasteiger partial charge in [0.05, 0.1) is 22.5 Å². The highest BCUT2D eigenvalue weighted by atomic mass is 16.6. The molecular formula is C19H15N7O4. The third-order valence-corrected chi connectivity index (χ3v) is 4.35. The van der Waals surface area contributed by atoms with E-state index in [1.807, 2.05) is 0 Å². The number of non-ortho nitro benzene ring substituents is 1. The molecule has 2 aromatic carbocycles. The third kappa shape index (κ3) is 3.58. The fourth-order valence-corrected chi connectivity index (χ4v) is 2.94. The maximum atomic E-state index is 12.6. The van der Waals surface area contributed by atoms with Crippen LogP contribution in [0.2, 0.25) is 0 Å². The average Bonchev–Trinajstić information content (AvgIpc) is 3.35. The zero-order valence-corrected chi connectivity index (χ0v) is 15.6. The van der Waals surface area contributed by atoms with Crippen molar-refractivity contribution in [3.63, 3.8) is 0 Å². The zero-order chi connectivity index (χ0) is 21.3. The van der Waals surface area contributed by atoms with E-state index in [9.17, 15) is 19.7 Å². The van der Waals surface area contributed by atoms with E-state index in [4.69, 9.17) is 0 Å². The SMILES string of the molecule is Cc1c[nH]c(=O)n1-c1cccc(NC(=O)c2cn(-c3cccc([N+](=O)[O-])c3)nn2)c1. The van der Waals surface area contributed by atoms with Crippen LogP contribution in [-0.4, -0.2) is 35.4 Å². The van der Waals surface area contributed by atoms with Gasteiger partial charge in [0.2, 0.25) is 0 Å². The summed E-state index contributed by atoms with van der Waals surface area (Å²) in [5.74, 6) is -0.512. The number of imidazole rings is 1. The van der Waals surface area contributed by atoms with Gasteiger partial charge in [-0.1, -0.05) is 17.3 Å². The largest absolute Gasteiger partial charge is 0.330 e. The molecule has 0 aliphatic carbocycles. The van der Waals surface area contributed by atoms with Crippen molar-refractivity contribution in [3.05, 3.63) is 92.9 Å². The van der Waals surface area contributed by atoms with Gasteiger partial charge in [0.15, 0.2) is 5.69 Å². The van der Waals surface area contributed by atoms with Crippen LogP contribution in [0.4, 0.5) is 11.4 Å². The number of aromatic nitrogens is 5. The van der Waals surface area contributed by atoms with Gasteiger partial charge in [-0.25, -0.2) is 9.48 Å². The van der Waals surface area contributed by atoms with Crippen molar-refractivity contribution in [1.82, 2.24) is 24.5 Å². The molecule has 2 heterocycles. The van der Waals surface area contributed by atoms with Crippen molar-refractivity contribution in [3.8, 4) is 11.4 Å².